The zero-order valence-corrected chi connectivity index (χ0v) is 15.6. The van der Waals surface area contributed by atoms with Crippen LogP contribution >= 0.6 is 11.3 Å². The molecule has 0 fully saturated rings. The lowest BCUT2D eigenvalue weighted by Gasteiger charge is -2.13. The maximum atomic E-state index is 13.0. The van der Waals surface area contributed by atoms with Crippen molar-refractivity contribution in [1.82, 2.24) is 4.98 Å². The summed E-state index contributed by atoms with van der Waals surface area (Å²) in [6.45, 7) is 0. The number of carbonyl (C=O) groups excluding carboxylic acids is 2. The van der Waals surface area contributed by atoms with E-state index in [0.29, 0.717) is 0 Å². The number of nitrogens with zero attached hydrogens (tertiary/aromatic N) is 3. The maximum absolute atomic E-state index is 13.0. The molecule has 5 rings (SSSR count). The number of hydrogen-bond donors (Lipinski definition) is 0. The first-order valence-electron chi connectivity index (χ1n) is 8.66. The Morgan fingerprint density at radius 2 is 1.69 bits per heavy atom. The Morgan fingerprint density at radius 1 is 0.897 bits per heavy atom. The van der Waals surface area contributed by atoms with Gasteiger partial charge in [-0.1, -0.05) is 24.3 Å². The van der Waals surface area contributed by atoms with Gasteiger partial charge >= 0.3 is 0 Å². The number of nitro groups is 1. The zero-order valence-electron chi connectivity index (χ0n) is 14.7. The van der Waals surface area contributed by atoms with Crippen LogP contribution in [0.5, 0.6) is 0 Å². The first-order valence-corrected chi connectivity index (χ1v) is 9.48. The van der Waals surface area contributed by atoms with Gasteiger partial charge in [-0.15, -0.1) is 11.3 Å². The second kappa shape index (κ2) is 6.32. The highest BCUT2D eigenvalue weighted by Crippen LogP contribution is 2.35. The smallest absolute Gasteiger partial charge is 0.268 e. The molecule has 0 aliphatic carbocycles. The summed E-state index contributed by atoms with van der Waals surface area (Å²) in [5.74, 6) is -1.00. The summed E-state index contributed by atoms with van der Waals surface area (Å²) in [6, 6.07) is 18.2. The van der Waals surface area contributed by atoms with Crippen LogP contribution < -0.4 is 4.90 Å². The molecule has 0 saturated heterocycles. The quantitative estimate of drug-likeness (QED) is 0.282. The van der Waals surface area contributed by atoms with E-state index in [9.17, 15) is 19.7 Å². The summed E-state index contributed by atoms with van der Waals surface area (Å²) >= 11 is 1.50. The molecule has 2 heterocycles. The Balaban J connectivity index is 1.57. The van der Waals surface area contributed by atoms with Gasteiger partial charge in [0.2, 0.25) is 0 Å². The van der Waals surface area contributed by atoms with Crippen molar-refractivity contribution in [2.24, 2.45) is 0 Å². The highest BCUT2D eigenvalue weighted by Gasteiger charge is 2.37. The third-order valence-electron chi connectivity index (χ3n) is 4.73. The third kappa shape index (κ3) is 2.69. The summed E-state index contributed by atoms with van der Waals surface area (Å²) in [6.07, 6.45) is 0. The third-order valence-corrected chi connectivity index (χ3v) is 5.81. The van der Waals surface area contributed by atoms with Crippen LogP contribution in [0.4, 0.5) is 11.4 Å². The molecule has 7 nitrogen and oxygen atoms in total. The van der Waals surface area contributed by atoms with Crippen molar-refractivity contribution in [3.63, 3.8) is 0 Å². The SMILES string of the molecule is O=C1c2ccc(-c3nc4ccccc4s3)cc2C(=O)N1c1cccc([N+](=O)[O-])c1. The molecule has 0 spiro atoms. The van der Waals surface area contributed by atoms with Crippen LogP contribution in [0.3, 0.4) is 0 Å². The Labute approximate surface area is 168 Å². The fraction of sp³-hybridized carbons (Fsp3) is 0. The molecule has 140 valence electrons. The summed E-state index contributed by atoms with van der Waals surface area (Å²) in [5, 5.41) is 11.8. The lowest BCUT2D eigenvalue weighted by molar-refractivity contribution is -0.384. The van der Waals surface area contributed by atoms with Gasteiger partial charge in [0, 0.05) is 17.7 Å². The van der Waals surface area contributed by atoms with Crippen LogP contribution in [-0.2, 0) is 0 Å². The number of nitro benzene ring substituents is 1. The molecular weight excluding hydrogens is 390 g/mol. The standard InChI is InChI=1S/C21H11N3O4S/c25-20-15-9-8-12(19-22-17-6-1-2-7-18(17)29-19)10-16(15)21(26)23(20)13-4-3-5-14(11-13)24(27)28/h1-11H. The Kier molecular flexibility index (Phi) is 3.75. The topological polar surface area (TPSA) is 93.4 Å². The maximum Gasteiger partial charge on any atom is 0.271 e. The molecule has 4 aromatic rings. The lowest BCUT2D eigenvalue weighted by Crippen LogP contribution is -2.29. The van der Waals surface area contributed by atoms with Crippen LogP contribution in [0, 0.1) is 10.1 Å². The van der Waals surface area contributed by atoms with Gasteiger partial charge in [-0.25, -0.2) is 9.88 Å². The summed E-state index contributed by atoms with van der Waals surface area (Å²) in [7, 11) is 0. The molecule has 8 heteroatoms. The summed E-state index contributed by atoms with van der Waals surface area (Å²) in [5.41, 5.74) is 2.13. The van der Waals surface area contributed by atoms with Crippen molar-refractivity contribution in [3.05, 3.63) is 88.0 Å². The molecule has 0 saturated carbocycles. The van der Waals surface area contributed by atoms with Gasteiger partial charge in [0.25, 0.3) is 17.5 Å². The first kappa shape index (κ1) is 17.2. The van der Waals surface area contributed by atoms with E-state index in [2.05, 4.69) is 4.98 Å². The van der Waals surface area contributed by atoms with Crippen molar-refractivity contribution < 1.29 is 14.5 Å². The van der Waals surface area contributed by atoms with E-state index < -0.39 is 16.7 Å². The van der Waals surface area contributed by atoms with Crippen molar-refractivity contribution in [1.29, 1.82) is 0 Å². The molecule has 29 heavy (non-hydrogen) atoms. The minimum absolute atomic E-state index is 0.173. The number of carbonyl (C=O) groups is 2. The van der Waals surface area contributed by atoms with Crippen molar-refractivity contribution >= 4 is 44.7 Å². The number of rotatable bonds is 3. The number of benzene rings is 3. The van der Waals surface area contributed by atoms with Gasteiger partial charge in [-0.05, 0) is 30.3 Å². The number of fused-ring (bicyclic) bond motifs is 2. The first-order chi connectivity index (χ1) is 14.0. The molecule has 2 amide bonds. The molecule has 0 unspecified atom stereocenters. The second-order valence-electron chi connectivity index (χ2n) is 6.47. The highest BCUT2D eigenvalue weighted by atomic mass is 32.1. The van der Waals surface area contributed by atoms with Gasteiger partial charge in [0.1, 0.15) is 5.01 Å². The van der Waals surface area contributed by atoms with Gasteiger partial charge in [-0.3, -0.25) is 19.7 Å². The van der Waals surface area contributed by atoms with Crippen LogP contribution in [0.15, 0.2) is 66.7 Å². The molecule has 1 aliphatic rings. The monoisotopic (exact) mass is 401 g/mol. The van der Waals surface area contributed by atoms with Crippen LogP contribution in [-0.4, -0.2) is 21.7 Å². The average Bonchev–Trinajstić information content (AvgIpc) is 3.27. The molecule has 1 aromatic heterocycles. The normalized spacial score (nSPS) is 13.2. The van der Waals surface area contributed by atoms with E-state index in [-0.39, 0.29) is 22.5 Å². The van der Waals surface area contributed by atoms with Gasteiger partial charge in [-0.2, -0.15) is 0 Å². The van der Waals surface area contributed by atoms with E-state index in [1.165, 1.54) is 35.6 Å². The lowest BCUT2D eigenvalue weighted by atomic mass is 10.1. The number of non-ortho nitro benzene ring substituents is 1. The largest absolute Gasteiger partial charge is 0.271 e. The molecule has 3 aromatic carbocycles. The van der Waals surface area contributed by atoms with Crippen molar-refractivity contribution in [3.8, 4) is 10.6 Å². The summed E-state index contributed by atoms with van der Waals surface area (Å²) < 4.78 is 1.03. The minimum Gasteiger partial charge on any atom is -0.268 e. The molecule has 0 bridgehead atoms. The predicted molar refractivity (Wildman–Crippen MR) is 109 cm³/mol. The Bertz CT molecular complexity index is 1310. The molecule has 0 N–H and O–H groups in total. The average molecular weight is 401 g/mol. The van der Waals surface area contributed by atoms with E-state index in [1.807, 2.05) is 24.3 Å². The van der Waals surface area contributed by atoms with E-state index in [4.69, 9.17) is 0 Å². The van der Waals surface area contributed by atoms with Crippen LogP contribution in [0.2, 0.25) is 0 Å². The zero-order chi connectivity index (χ0) is 20.1. The van der Waals surface area contributed by atoms with Gasteiger partial charge in [0.15, 0.2) is 0 Å². The predicted octanol–water partition coefficient (Wildman–Crippen LogP) is 4.67. The fourth-order valence-electron chi connectivity index (χ4n) is 3.35. The van der Waals surface area contributed by atoms with Crippen LogP contribution in [0.25, 0.3) is 20.8 Å². The number of amides is 2. The van der Waals surface area contributed by atoms with Gasteiger partial charge in [0.05, 0.1) is 32.0 Å². The molecule has 0 atom stereocenters. The van der Waals surface area contributed by atoms with Crippen LogP contribution in [0.1, 0.15) is 20.7 Å². The summed E-state index contributed by atoms with van der Waals surface area (Å²) in [4.78, 5) is 41.8. The van der Waals surface area contributed by atoms with E-state index >= 15 is 0 Å². The van der Waals surface area contributed by atoms with E-state index in [0.717, 1.165) is 25.7 Å². The van der Waals surface area contributed by atoms with Crippen molar-refractivity contribution in [2.75, 3.05) is 4.90 Å². The Hall–Kier alpha value is -3.91. The number of imide groups is 1. The number of anilines is 1. The minimum atomic E-state index is -0.563. The Morgan fingerprint density at radius 3 is 2.48 bits per heavy atom. The van der Waals surface area contributed by atoms with Gasteiger partial charge < -0.3 is 0 Å². The number of thiazole rings is 1. The number of para-hydroxylation sites is 1. The number of aromatic nitrogens is 1. The highest BCUT2D eigenvalue weighted by molar-refractivity contribution is 7.21. The van der Waals surface area contributed by atoms with Crippen molar-refractivity contribution in [2.45, 2.75) is 0 Å². The fourth-order valence-corrected chi connectivity index (χ4v) is 4.31. The molecule has 0 radical (unpaired) electrons. The number of hydrogen-bond acceptors (Lipinski definition) is 6. The molecule has 1 aliphatic heterocycles. The second-order valence-corrected chi connectivity index (χ2v) is 7.50. The molecular formula is C21H11N3O4S. The van der Waals surface area contributed by atoms with E-state index in [1.54, 1.807) is 18.2 Å².